The van der Waals surface area contributed by atoms with Crippen LogP contribution in [-0.4, -0.2) is 32.3 Å². The standard InChI is InChI=1S/C21H23NO6/c1-11(23)22-16-7-5-13-14(10-19(26-2)21(28-4)20(13)27-3)12-6-8-17(24)18(25)9-15(12)16/h6,8-10,16H,5,7H2,1-4H3,(H,22,23)(H,24,25). The molecule has 1 unspecified atom stereocenters. The van der Waals surface area contributed by atoms with Crippen LogP contribution < -0.4 is 25.0 Å². The van der Waals surface area contributed by atoms with Crippen molar-refractivity contribution in [1.29, 1.82) is 0 Å². The third kappa shape index (κ3) is 3.35. The summed E-state index contributed by atoms with van der Waals surface area (Å²) >= 11 is 0. The minimum absolute atomic E-state index is 0.202. The Morgan fingerprint density at radius 3 is 2.39 bits per heavy atom. The number of benzene rings is 1. The highest BCUT2D eigenvalue weighted by molar-refractivity contribution is 5.80. The average molecular weight is 385 g/mol. The molecular weight excluding hydrogens is 362 g/mol. The van der Waals surface area contributed by atoms with Gasteiger partial charge in [-0.25, -0.2) is 0 Å². The van der Waals surface area contributed by atoms with Gasteiger partial charge in [0.25, 0.3) is 0 Å². The summed E-state index contributed by atoms with van der Waals surface area (Å²) in [4.78, 5) is 24.0. The topological polar surface area (TPSA) is 94.1 Å². The first kappa shape index (κ1) is 19.5. The van der Waals surface area contributed by atoms with Gasteiger partial charge in [0.2, 0.25) is 17.1 Å². The highest BCUT2D eigenvalue weighted by Crippen LogP contribution is 2.48. The summed E-state index contributed by atoms with van der Waals surface area (Å²) < 4.78 is 16.6. The highest BCUT2D eigenvalue weighted by Gasteiger charge is 2.28. The van der Waals surface area contributed by atoms with Gasteiger partial charge < -0.3 is 24.6 Å². The minimum Gasteiger partial charge on any atom is -0.504 e. The van der Waals surface area contributed by atoms with Crippen LogP contribution in [0.4, 0.5) is 0 Å². The fourth-order valence-corrected chi connectivity index (χ4v) is 3.71. The van der Waals surface area contributed by atoms with Crippen LogP contribution in [0.25, 0.3) is 11.1 Å². The molecule has 0 aromatic heterocycles. The molecule has 7 heteroatoms. The van der Waals surface area contributed by atoms with Crippen LogP contribution in [0.5, 0.6) is 23.0 Å². The number of carbonyl (C=O) groups is 1. The molecule has 7 nitrogen and oxygen atoms in total. The van der Waals surface area contributed by atoms with Crippen LogP contribution in [0.2, 0.25) is 0 Å². The fraction of sp³-hybridized carbons (Fsp3) is 0.333. The van der Waals surface area contributed by atoms with Crippen LogP contribution in [0.3, 0.4) is 0 Å². The van der Waals surface area contributed by atoms with Gasteiger partial charge in [-0.3, -0.25) is 9.59 Å². The molecule has 0 bridgehead atoms. The first-order valence-corrected chi connectivity index (χ1v) is 8.87. The van der Waals surface area contributed by atoms with E-state index in [9.17, 15) is 14.7 Å². The van der Waals surface area contributed by atoms with E-state index in [1.54, 1.807) is 20.3 Å². The summed E-state index contributed by atoms with van der Waals surface area (Å²) in [6.07, 6.45) is 1.14. The molecule has 0 heterocycles. The molecule has 2 N–H and O–H groups in total. The van der Waals surface area contributed by atoms with E-state index in [-0.39, 0.29) is 17.7 Å². The summed E-state index contributed by atoms with van der Waals surface area (Å²) in [5.74, 6) is 0.955. The molecule has 1 aliphatic carbocycles. The number of aromatic hydroxyl groups is 1. The van der Waals surface area contributed by atoms with Crippen molar-refractivity contribution in [3.63, 3.8) is 0 Å². The number of methoxy groups -OCH3 is 3. The minimum atomic E-state index is -0.507. The molecule has 1 aliphatic rings. The van der Waals surface area contributed by atoms with E-state index in [0.29, 0.717) is 41.2 Å². The number of hydrogen-bond acceptors (Lipinski definition) is 6. The van der Waals surface area contributed by atoms with E-state index in [4.69, 9.17) is 14.2 Å². The quantitative estimate of drug-likeness (QED) is 0.840. The maximum atomic E-state index is 12.3. The van der Waals surface area contributed by atoms with E-state index in [1.807, 2.05) is 6.07 Å². The Hall–Kier alpha value is -3.22. The van der Waals surface area contributed by atoms with Gasteiger partial charge in [-0.05, 0) is 47.7 Å². The summed E-state index contributed by atoms with van der Waals surface area (Å²) in [7, 11) is 4.63. The number of hydrogen-bond donors (Lipinski definition) is 2. The zero-order valence-corrected chi connectivity index (χ0v) is 16.3. The monoisotopic (exact) mass is 385 g/mol. The van der Waals surface area contributed by atoms with E-state index in [1.165, 1.54) is 26.2 Å². The van der Waals surface area contributed by atoms with Crippen LogP contribution in [0, 0.1) is 0 Å². The molecule has 1 atom stereocenters. The summed E-state index contributed by atoms with van der Waals surface area (Å²) in [6, 6.07) is 5.86. The van der Waals surface area contributed by atoms with E-state index in [2.05, 4.69) is 5.32 Å². The normalized spacial score (nSPS) is 14.9. The van der Waals surface area contributed by atoms with Crippen molar-refractivity contribution >= 4 is 5.91 Å². The van der Waals surface area contributed by atoms with Gasteiger partial charge in [-0.2, -0.15) is 0 Å². The molecule has 0 aliphatic heterocycles. The third-order valence-corrected chi connectivity index (χ3v) is 4.92. The second kappa shape index (κ2) is 7.80. The molecule has 28 heavy (non-hydrogen) atoms. The molecule has 0 fully saturated rings. The highest BCUT2D eigenvalue weighted by atomic mass is 16.5. The molecule has 0 saturated heterocycles. The number of ether oxygens (including phenoxy) is 3. The zero-order valence-electron chi connectivity index (χ0n) is 16.3. The van der Waals surface area contributed by atoms with Gasteiger partial charge in [0.15, 0.2) is 17.2 Å². The number of carbonyl (C=O) groups excluding carboxylic acids is 1. The Kier molecular flexibility index (Phi) is 5.44. The van der Waals surface area contributed by atoms with Crippen molar-refractivity contribution in [2.24, 2.45) is 0 Å². The van der Waals surface area contributed by atoms with E-state index < -0.39 is 5.43 Å². The summed E-state index contributed by atoms with van der Waals surface area (Å²) in [5.41, 5.74) is 2.52. The lowest BCUT2D eigenvalue weighted by atomic mass is 9.96. The maximum Gasteiger partial charge on any atom is 0.220 e. The Bertz CT molecular complexity index is 985. The van der Waals surface area contributed by atoms with Gasteiger partial charge in [-0.1, -0.05) is 6.07 Å². The number of amides is 1. The van der Waals surface area contributed by atoms with Crippen molar-refractivity contribution in [2.75, 3.05) is 21.3 Å². The predicted octanol–water partition coefficient (Wildman–Crippen LogP) is 2.57. The van der Waals surface area contributed by atoms with Gasteiger partial charge in [0.05, 0.1) is 27.4 Å². The number of nitrogens with one attached hydrogen (secondary N) is 1. The molecule has 148 valence electrons. The van der Waals surface area contributed by atoms with Crippen molar-refractivity contribution in [1.82, 2.24) is 5.32 Å². The Morgan fingerprint density at radius 2 is 1.79 bits per heavy atom. The van der Waals surface area contributed by atoms with Crippen LogP contribution in [-0.2, 0) is 11.2 Å². The fourth-order valence-electron chi connectivity index (χ4n) is 3.71. The predicted molar refractivity (Wildman–Crippen MR) is 104 cm³/mol. The second-order valence-corrected chi connectivity index (χ2v) is 6.56. The molecule has 2 aromatic rings. The van der Waals surface area contributed by atoms with Crippen molar-refractivity contribution < 1.29 is 24.1 Å². The van der Waals surface area contributed by atoms with Crippen LogP contribution >= 0.6 is 0 Å². The van der Waals surface area contributed by atoms with Gasteiger partial charge in [0, 0.05) is 12.5 Å². The van der Waals surface area contributed by atoms with E-state index in [0.717, 1.165) is 11.1 Å². The largest absolute Gasteiger partial charge is 0.504 e. The van der Waals surface area contributed by atoms with Crippen molar-refractivity contribution in [3.8, 4) is 34.1 Å². The zero-order chi connectivity index (χ0) is 20.4. The lowest BCUT2D eigenvalue weighted by Gasteiger charge is -2.18. The molecule has 2 aromatic carbocycles. The number of rotatable bonds is 4. The molecule has 0 saturated carbocycles. The molecule has 1 amide bonds. The molecular formula is C21H23NO6. The summed E-state index contributed by atoms with van der Waals surface area (Å²) in [6.45, 7) is 1.43. The first-order chi connectivity index (χ1) is 13.4. The smallest absolute Gasteiger partial charge is 0.220 e. The number of fused-ring (bicyclic) bond motifs is 3. The average Bonchev–Trinajstić information content (AvgIpc) is 2.90. The van der Waals surface area contributed by atoms with E-state index >= 15 is 0 Å². The second-order valence-electron chi connectivity index (χ2n) is 6.56. The van der Waals surface area contributed by atoms with Crippen molar-refractivity contribution in [2.45, 2.75) is 25.8 Å². The van der Waals surface area contributed by atoms with Gasteiger partial charge in [-0.15, -0.1) is 0 Å². The maximum absolute atomic E-state index is 12.3. The van der Waals surface area contributed by atoms with Gasteiger partial charge >= 0.3 is 0 Å². The summed E-state index contributed by atoms with van der Waals surface area (Å²) in [5, 5.41) is 12.8. The lowest BCUT2D eigenvalue weighted by molar-refractivity contribution is -0.119. The Morgan fingerprint density at radius 1 is 1.07 bits per heavy atom. The Balaban J connectivity index is 2.39. The lowest BCUT2D eigenvalue weighted by Crippen LogP contribution is -2.26. The molecule has 0 radical (unpaired) electrons. The van der Waals surface area contributed by atoms with Crippen LogP contribution in [0.1, 0.15) is 30.5 Å². The Labute approximate surface area is 162 Å². The molecule has 3 rings (SSSR count). The van der Waals surface area contributed by atoms with Crippen molar-refractivity contribution in [3.05, 3.63) is 45.6 Å². The molecule has 0 spiro atoms. The first-order valence-electron chi connectivity index (χ1n) is 8.87. The SMILES string of the molecule is COc1cc2c(c(OC)c1OC)CCC(NC(C)=O)c1cc(=O)c(O)ccc1-2. The van der Waals surface area contributed by atoms with Gasteiger partial charge in [0.1, 0.15) is 0 Å². The van der Waals surface area contributed by atoms with Crippen LogP contribution in [0.15, 0.2) is 29.1 Å². The third-order valence-electron chi connectivity index (χ3n) is 4.92.